The maximum atomic E-state index is 12.8. The third-order valence-corrected chi connectivity index (χ3v) is 3.87. The molecule has 1 N–H and O–H groups in total. The van der Waals surface area contributed by atoms with Crippen LogP contribution >= 0.6 is 0 Å². The summed E-state index contributed by atoms with van der Waals surface area (Å²) in [5.41, 5.74) is 2.34. The molecule has 0 aliphatic heterocycles. The monoisotopic (exact) mass is 300 g/mol. The van der Waals surface area contributed by atoms with E-state index in [0.717, 1.165) is 11.3 Å². The molecule has 22 heavy (non-hydrogen) atoms. The number of benzene rings is 1. The van der Waals surface area contributed by atoms with E-state index in [0.29, 0.717) is 5.69 Å². The molecule has 5 heteroatoms. The number of aliphatic carboxylic acids is 1. The fraction of sp³-hybridized carbons (Fsp3) is 0.294. The van der Waals surface area contributed by atoms with Gasteiger partial charge in [-0.15, -0.1) is 0 Å². The van der Waals surface area contributed by atoms with Gasteiger partial charge in [0.25, 0.3) is 5.91 Å². The number of carbonyl (C=O) groups is 2. The second kappa shape index (κ2) is 6.47. The molecule has 0 aliphatic carbocycles. The average molecular weight is 300 g/mol. The normalized spacial score (nSPS) is 12.0. The number of carbonyl (C=O) groups excluding carboxylic acids is 1. The second-order valence-electron chi connectivity index (χ2n) is 5.35. The summed E-state index contributed by atoms with van der Waals surface area (Å²) >= 11 is 0. The molecule has 1 atom stereocenters. The summed E-state index contributed by atoms with van der Waals surface area (Å²) in [6.45, 7) is 3.69. The van der Waals surface area contributed by atoms with Gasteiger partial charge in [0.2, 0.25) is 0 Å². The summed E-state index contributed by atoms with van der Waals surface area (Å²) in [4.78, 5) is 25.5. The molecule has 116 valence electrons. The number of amides is 1. The van der Waals surface area contributed by atoms with Crippen LogP contribution in [-0.4, -0.2) is 32.5 Å². The Morgan fingerprint density at radius 1 is 1.18 bits per heavy atom. The van der Waals surface area contributed by atoms with Crippen LogP contribution in [0.1, 0.15) is 28.7 Å². The van der Waals surface area contributed by atoms with Gasteiger partial charge in [0.15, 0.2) is 0 Å². The molecule has 1 aromatic heterocycles. The van der Waals surface area contributed by atoms with E-state index >= 15 is 0 Å². The van der Waals surface area contributed by atoms with Crippen LogP contribution in [0, 0.1) is 6.92 Å². The standard InChI is InChI=1S/C17H20N2O3/c1-12-9-10-15(18(12)3)16(20)19(13(2)17(21)22)11-14-7-5-4-6-8-14/h4-10,13H,11H2,1-3H3,(H,21,22). The van der Waals surface area contributed by atoms with Gasteiger partial charge < -0.3 is 14.6 Å². The van der Waals surface area contributed by atoms with E-state index in [1.165, 1.54) is 11.8 Å². The van der Waals surface area contributed by atoms with Gasteiger partial charge in [0.1, 0.15) is 11.7 Å². The number of carboxylic acids is 1. The number of aryl methyl sites for hydroxylation is 1. The Kier molecular flexibility index (Phi) is 4.65. The predicted octanol–water partition coefficient (Wildman–Crippen LogP) is 2.45. The fourth-order valence-electron chi connectivity index (χ4n) is 2.27. The first-order valence-electron chi connectivity index (χ1n) is 7.12. The molecule has 5 nitrogen and oxygen atoms in total. The largest absolute Gasteiger partial charge is 0.480 e. The van der Waals surface area contributed by atoms with Crippen LogP contribution in [0.4, 0.5) is 0 Å². The van der Waals surface area contributed by atoms with Crippen molar-refractivity contribution in [2.45, 2.75) is 26.4 Å². The molecular weight excluding hydrogens is 280 g/mol. The first kappa shape index (κ1) is 15.8. The van der Waals surface area contributed by atoms with Gasteiger partial charge in [-0.2, -0.15) is 0 Å². The van der Waals surface area contributed by atoms with Crippen molar-refractivity contribution in [3.8, 4) is 0 Å². The Balaban J connectivity index is 2.34. The molecule has 2 aromatic rings. The lowest BCUT2D eigenvalue weighted by atomic mass is 10.1. The van der Waals surface area contributed by atoms with Gasteiger partial charge in [0.05, 0.1) is 0 Å². The van der Waals surface area contributed by atoms with Crippen LogP contribution in [0.5, 0.6) is 0 Å². The summed E-state index contributed by atoms with van der Waals surface area (Å²) in [6.07, 6.45) is 0. The number of hydrogen-bond acceptors (Lipinski definition) is 2. The Labute approximate surface area is 129 Å². The highest BCUT2D eigenvalue weighted by molar-refractivity contribution is 5.95. The highest BCUT2D eigenvalue weighted by Gasteiger charge is 2.28. The van der Waals surface area contributed by atoms with E-state index in [2.05, 4.69) is 0 Å². The number of rotatable bonds is 5. The first-order chi connectivity index (χ1) is 10.4. The van der Waals surface area contributed by atoms with Gasteiger partial charge in [-0.3, -0.25) is 4.79 Å². The highest BCUT2D eigenvalue weighted by atomic mass is 16.4. The molecule has 1 heterocycles. The Hall–Kier alpha value is -2.56. The van der Waals surface area contributed by atoms with Crippen molar-refractivity contribution >= 4 is 11.9 Å². The predicted molar refractivity (Wildman–Crippen MR) is 83.6 cm³/mol. The minimum Gasteiger partial charge on any atom is -0.480 e. The minimum absolute atomic E-state index is 0.261. The molecule has 0 bridgehead atoms. The van der Waals surface area contributed by atoms with E-state index in [4.69, 9.17) is 0 Å². The molecular formula is C17H20N2O3. The summed E-state index contributed by atoms with van der Waals surface area (Å²) < 4.78 is 1.77. The van der Waals surface area contributed by atoms with Crippen molar-refractivity contribution in [1.82, 2.24) is 9.47 Å². The van der Waals surface area contributed by atoms with Crippen LogP contribution in [0.3, 0.4) is 0 Å². The highest BCUT2D eigenvalue weighted by Crippen LogP contribution is 2.15. The topological polar surface area (TPSA) is 62.5 Å². The van der Waals surface area contributed by atoms with Crippen LogP contribution in [0.15, 0.2) is 42.5 Å². The average Bonchev–Trinajstić information content (AvgIpc) is 2.84. The first-order valence-corrected chi connectivity index (χ1v) is 7.12. The zero-order chi connectivity index (χ0) is 16.3. The van der Waals surface area contributed by atoms with Gasteiger partial charge in [-0.25, -0.2) is 4.79 Å². The van der Waals surface area contributed by atoms with Crippen molar-refractivity contribution in [3.05, 3.63) is 59.4 Å². The molecule has 0 saturated carbocycles. The summed E-state index contributed by atoms with van der Waals surface area (Å²) in [6, 6.07) is 12.1. The molecule has 0 spiro atoms. The van der Waals surface area contributed by atoms with E-state index < -0.39 is 12.0 Å². The van der Waals surface area contributed by atoms with Gasteiger partial charge in [0, 0.05) is 19.3 Å². The fourth-order valence-corrected chi connectivity index (χ4v) is 2.27. The van der Waals surface area contributed by atoms with Crippen molar-refractivity contribution in [2.75, 3.05) is 0 Å². The maximum Gasteiger partial charge on any atom is 0.326 e. The van der Waals surface area contributed by atoms with Crippen LogP contribution in [0.25, 0.3) is 0 Å². The third kappa shape index (κ3) is 3.19. The van der Waals surface area contributed by atoms with E-state index in [1.807, 2.05) is 43.3 Å². The number of hydrogen-bond donors (Lipinski definition) is 1. The van der Waals surface area contributed by atoms with Crippen molar-refractivity contribution in [3.63, 3.8) is 0 Å². The lowest BCUT2D eigenvalue weighted by molar-refractivity contribution is -0.141. The molecule has 0 radical (unpaired) electrons. The molecule has 1 aromatic carbocycles. The zero-order valence-electron chi connectivity index (χ0n) is 13.0. The molecule has 0 saturated heterocycles. The van der Waals surface area contributed by atoms with Crippen LogP contribution < -0.4 is 0 Å². The second-order valence-corrected chi connectivity index (χ2v) is 5.35. The Morgan fingerprint density at radius 3 is 2.32 bits per heavy atom. The lowest BCUT2D eigenvalue weighted by Crippen LogP contribution is -2.43. The molecule has 0 fully saturated rings. The van der Waals surface area contributed by atoms with E-state index in [9.17, 15) is 14.7 Å². The van der Waals surface area contributed by atoms with Crippen molar-refractivity contribution in [1.29, 1.82) is 0 Å². The van der Waals surface area contributed by atoms with E-state index in [-0.39, 0.29) is 12.5 Å². The summed E-state index contributed by atoms with van der Waals surface area (Å²) in [7, 11) is 1.80. The molecule has 1 amide bonds. The Morgan fingerprint density at radius 2 is 1.82 bits per heavy atom. The van der Waals surface area contributed by atoms with Crippen molar-refractivity contribution in [2.24, 2.45) is 7.05 Å². The number of aromatic nitrogens is 1. The maximum absolute atomic E-state index is 12.8. The quantitative estimate of drug-likeness (QED) is 0.922. The van der Waals surface area contributed by atoms with Gasteiger partial charge in [-0.05, 0) is 31.5 Å². The van der Waals surface area contributed by atoms with Gasteiger partial charge in [-0.1, -0.05) is 30.3 Å². The lowest BCUT2D eigenvalue weighted by Gasteiger charge is -2.27. The molecule has 2 rings (SSSR count). The summed E-state index contributed by atoms with van der Waals surface area (Å²) in [5.74, 6) is -1.30. The Bertz CT molecular complexity index is 676. The number of carboxylic acid groups (broad SMARTS) is 1. The summed E-state index contributed by atoms with van der Waals surface area (Å²) in [5, 5.41) is 9.30. The smallest absolute Gasteiger partial charge is 0.326 e. The van der Waals surface area contributed by atoms with Gasteiger partial charge >= 0.3 is 5.97 Å². The number of nitrogens with zero attached hydrogens (tertiary/aromatic N) is 2. The van der Waals surface area contributed by atoms with Crippen molar-refractivity contribution < 1.29 is 14.7 Å². The van der Waals surface area contributed by atoms with Crippen LogP contribution in [-0.2, 0) is 18.4 Å². The minimum atomic E-state index is -1.02. The third-order valence-electron chi connectivity index (χ3n) is 3.87. The molecule has 0 aliphatic rings. The molecule has 1 unspecified atom stereocenters. The van der Waals surface area contributed by atoms with Crippen LogP contribution in [0.2, 0.25) is 0 Å². The van der Waals surface area contributed by atoms with E-state index in [1.54, 1.807) is 17.7 Å². The SMILES string of the molecule is Cc1ccc(C(=O)N(Cc2ccccc2)C(C)C(=O)O)n1C. The zero-order valence-corrected chi connectivity index (χ0v) is 13.0.